The van der Waals surface area contributed by atoms with E-state index in [1.165, 1.54) is 0 Å². The lowest BCUT2D eigenvalue weighted by molar-refractivity contribution is -0.113. The number of anilines is 1. The minimum absolute atomic E-state index is 0.0466. The summed E-state index contributed by atoms with van der Waals surface area (Å²) in [5.41, 5.74) is -0.397. The molecule has 3 rings (SSSR count). The summed E-state index contributed by atoms with van der Waals surface area (Å²) in [6, 6.07) is 1.73. The topological polar surface area (TPSA) is 59.8 Å². The van der Waals surface area contributed by atoms with Gasteiger partial charge in [-0.15, -0.1) is 10.2 Å². The number of benzene rings is 1. The molecule has 0 unspecified atom stereocenters. The highest BCUT2D eigenvalue weighted by atomic mass is 32.2. The van der Waals surface area contributed by atoms with E-state index in [-0.39, 0.29) is 5.75 Å². The summed E-state index contributed by atoms with van der Waals surface area (Å²) in [6.45, 7) is 0. The predicted molar refractivity (Wildman–Crippen MR) is 78.6 cm³/mol. The van der Waals surface area contributed by atoms with Crippen LogP contribution in [-0.4, -0.2) is 26.4 Å². The third-order valence-corrected chi connectivity index (χ3v) is 4.47. The van der Waals surface area contributed by atoms with Crippen molar-refractivity contribution < 1.29 is 18.0 Å². The number of nitrogens with zero attached hydrogens (tertiary/aromatic N) is 3. The van der Waals surface area contributed by atoms with E-state index in [2.05, 4.69) is 15.5 Å². The molecule has 122 valence electrons. The van der Waals surface area contributed by atoms with Crippen molar-refractivity contribution >= 4 is 23.4 Å². The van der Waals surface area contributed by atoms with Crippen molar-refractivity contribution in [3.8, 4) is 0 Å². The molecule has 5 nitrogen and oxygen atoms in total. The molecule has 1 aromatic carbocycles. The van der Waals surface area contributed by atoms with Gasteiger partial charge in [0.05, 0.1) is 11.4 Å². The van der Waals surface area contributed by atoms with E-state index < -0.39 is 29.0 Å². The van der Waals surface area contributed by atoms with Gasteiger partial charge < -0.3 is 9.88 Å². The van der Waals surface area contributed by atoms with Gasteiger partial charge in [-0.2, -0.15) is 0 Å². The molecule has 9 heteroatoms. The van der Waals surface area contributed by atoms with E-state index in [0.717, 1.165) is 42.6 Å². The molecule has 1 heterocycles. The summed E-state index contributed by atoms with van der Waals surface area (Å²) in [4.78, 5) is 11.8. The number of hydrogen-bond acceptors (Lipinski definition) is 4. The second kappa shape index (κ2) is 6.23. The number of amides is 1. The molecular weight excluding hydrogens is 329 g/mol. The average Bonchev–Trinajstić information content (AvgIpc) is 3.30. The molecule has 1 aliphatic rings. The van der Waals surface area contributed by atoms with Gasteiger partial charge in [-0.05, 0) is 25.0 Å². The maximum atomic E-state index is 13.5. The van der Waals surface area contributed by atoms with Crippen LogP contribution in [0.5, 0.6) is 0 Å². The van der Waals surface area contributed by atoms with Gasteiger partial charge in [0.25, 0.3) is 0 Å². The zero-order valence-electron chi connectivity index (χ0n) is 12.1. The normalized spacial score (nSPS) is 14.1. The maximum absolute atomic E-state index is 13.5. The summed E-state index contributed by atoms with van der Waals surface area (Å²) in [5.74, 6) is -3.60. The van der Waals surface area contributed by atoms with Crippen LogP contribution in [0.3, 0.4) is 0 Å². The number of rotatable bonds is 5. The second-order valence-electron chi connectivity index (χ2n) is 5.23. The molecule has 0 bridgehead atoms. The third-order valence-electron chi connectivity index (χ3n) is 3.45. The van der Waals surface area contributed by atoms with Crippen LogP contribution in [0.15, 0.2) is 17.3 Å². The number of thioether (sulfide) groups is 1. The van der Waals surface area contributed by atoms with Gasteiger partial charge in [-0.25, -0.2) is 13.2 Å². The van der Waals surface area contributed by atoms with Crippen LogP contribution in [0, 0.1) is 17.5 Å². The first kappa shape index (κ1) is 15.9. The fourth-order valence-electron chi connectivity index (χ4n) is 2.09. The zero-order chi connectivity index (χ0) is 16.6. The Kier molecular flexibility index (Phi) is 4.29. The van der Waals surface area contributed by atoms with Crippen molar-refractivity contribution in [1.29, 1.82) is 0 Å². The molecule has 1 aromatic heterocycles. The van der Waals surface area contributed by atoms with Crippen molar-refractivity contribution in [1.82, 2.24) is 14.8 Å². The Morgan fingerprint density at radius 2 is 2.04 bits per heavy atom. The van der Waals surface area contributed by atoms with Crippen LogP contribution >= 0.6 is 11.8 Å². The Balaban J connectivity index is 1.61. The Morgan fingerprint density at radius 1 is 1.30 bits per heavy atom. The molecule has 1 amide bonds. The van der Waals surface area contributed by atoms with Crippen LogP contribution in [0.2, 0.25) is 0 Å². The van der Waals surface area contributed by atoms with Gasteiger partial charge >= 0.3 is 0 Å². The highest BCUT2D eigenvalue weighted by Crippen LogP contribution is 2.39. The fourth-order valence-corrected chi connectivity index (χ4v) is 2.81. The third kappa shape index (κ3) is 3.34. The molecule has 1 fully saturated rings. The van der Waals surface area contributed by atoms with E-state index >= 15 is 0 Å². The number of halogens is 3. The minimum Gasteiger partial charge on any atom is -0.323 e. The molecule has 0 spiro atoms. The van der Waals surface area contributed by atoms with E-state index in [0.29, 0.717) is 11.1 Å². The smallest absolute Gasteiger partial charge is 0.234 e. The molecule has 23 heavy (non-hydrogen) atoms. The van der Waals surface area contributed by atoms with E-state index in [9.17, 15) is 18.0 Å². The predicted octanol–water partition coefficient (Wildman–Crippen LogP) is 2.84. The average molecular weight is 342 g/mol. The van der Waals surface area contributed by atoms with Crippen molar-refractivity contribution in [2.45, 2.75) is 23.9 Å². The quantitative estimate of drug-likeness (QED) is 0.670. The Morgan fingerprint density at radius 3 is 2.74 bits per heavy atom. The summed E-state index contributed by atoms with van der Waals surface area (Å²) in [6.07, 6.45) is 2.18. The van der Waals surface area contributed by atoms with Crippen molar-refractivity contribution in [3.63, 3.8) is 0 Å². The highest BCUT2D eigenvalue weighted by Gasteiger charge is 2.29. The first-order valence-electron chi connectivity index (χ1n) is 6.92. The number of hydrogen-bond donors (Lipinski definition) is 1. The minimum atomic E-state index is -1.61. The van der Waals surface area contributed by atoms with Gasteiger partial charge in [0.1, 0.15) is 5.82 Å². The van der Waals surface area contributed by atoms with Crippen LogP contribution in [0.25, 0.3) is 0 Å². The van der Waals surface area contributed by atoms with Crippen LogP contribution in [-0.2, 0) is 11.8 Å². The second-order valence-corrected chi connectivity index (χ2v) is 6.18. The molecular formula is C14H13F3N4OS. The van der Waals surface area contributed by atoms with Gasteiger partial charge in [-0.3, -0.25) is 4.79 Å². The molecule has 2 aromatic rings. The van der Waals surface area contributed by atoms with Crippen LogP contribution < -0.4 is 5.32 Å². The highest BCUT2D eigenvalue weighted by molar-refractivity contribution is 7.99. The first-order valence-corrected chi connectivity index (χ1v) is 7.91. The van der Waals surface area contributed by atoms with Crippen LogP contribution in [0.1, 0.15) is 24.6 Å². The monoisotopic (exact) mass is 342 g/mol. The molecule has 1 N–H and O–H groups in total. The Labute approximate surface area is 134 Å². The number of aromatic nitrogens is 3. The molecule has 0 saturated heterocycles. The molecule has 0 radical (unpaired) electrons. The van der Waals surface area contributed by atoms with Crippen molar-refractivity contribution in [2.24, 2.45) is 7.05 Å². The SMILES string of the molecule is Cn1c(SCC(=O)Nc2ccc(F)c(F)c2F)nnc1C1CC1. The summed E-state index contributed by atoms with van der Waals surface area (Å²) in [7, 11) is 1.82. The van der Waals surface area contributed by atoms with Crippen molar-refractivity contribution in [2.75, 3.05) is 11.1 Å². The molecule has 0 atom stereocenters. The summed E-state index contributed by atoms with van der Waals surface area (Å²) >= 11 is 1.14. The van der Waals surface area contributed by atoms with Gasteiger partial charge in [-0.1, -0.05) is 11.8 Å². The van der Waals surface area contributed by atoms with Crippen LogP contribution in [0.4, 0.5) is 18.9 Å². The first-order chi connectivity index (χ1) is 11.0. The van der Waals surface area contributed by atoms with Crippen molar-refractivity contribution in [3.05, 3.63) is 35.4 Å². The molecule has 0 aliphatic heterocycles. The Bertz CT molecular complexity index is 761. The lowest BCUT2D eigenvalue weighted by Gasteiger charge is -2.07. The zero-order valence-corrected chi connectivity index (χ0v) is 13.0. The van der Waals surface area contributed by atoms with Gasteiger partial charge in [0, 0.05) is 13.0 Å². The molecule has 1 saturated carbocycles. The van der Waals surface area contributed by atoms with E-state index in [1.54, 1.807) is 0 Å². The summed E-state index contributed by atoms with van der Waals surface area (Å²) in [5, 5.41) is 10.9. The van der Waals surface area contributed by atoms with Gasteiger partial charge in [0.2, 0.25) is 5.91 Å². The lowest BCUT2D eigenvalue weighted by Crippen LogP contribution is -2.16. The van der Waals surface area contributed by atoms with E-state index in [4.69, 9.17) is 0 Å². The largest absolute Gasteiger partial charge is 0.323 e. The summed E-state index contributed by atoms with van der Waals surface area (Å²) < 4.78 is 41.2. The fraction of sp³-hybridized carbons (Fsp3) is 0.357. The van der Waals surface area contributed by atoms with Gasteiger partial charge in [0.15, 0.2) is 22.6 Å². The van der Waals surface area contributed by atoms with E-state index in [1.807, 2.05) is 11.6 Å². The standard InChI is InChI=1S/C14H13F3N4OS/c1-21-13(7-2-3-7)19-20-14(21)23-6-10(22)18-9-5-4-8(15)11(16)12(9)17/h4-5,7H,2-3,6H2,1H3,(H,18,22). The lowest BCUT2D eigenvalue weighted by atomic mass is 10.3. The molecule has 1 aliphatic carbocycles. The number of carbonyl (C=O) groups excluding carboxylic acids is 1. The number of nitrogens with one attached hydrogen (secondary N) is 1. The number of carbonyl (C=O) groups is 1. The maximum Gasteiger partial charge on any atom is 0.234 e. The Hall–Kier alpha value is -2.03.